The van der Waals surface area contributed by atoms with Gasteiger partial charge in [-0.2, -0.15) is 5.10 Å². The number of methoxy groups -OCH3 is 2. The molecule has 0 fully saturated rings. The van der Waals surface area contributed by atoms with Crippen molar-refractivity contribution in [3.8, 4) is 23.0 Å². The van der Waals surface area contributed by atoms with E-state index in [2.05, 4.69) is 10.5 Å². The van der Waals surface area contributed by atoms with E-state index in [1.54, 1.807) is 30.3 Å². The van der Waals surface area contributed by atoms with Gasteiger partial charge in [-0.15, -0.1) is 0 Å². The number of amides is 1. The molecule has 0 aromatic heterocycles. The van der Waals surface area contributed by atoms with Gasteiger partial charge in [0.15, 0.2) is 0 Å². The number of carbonyl (C=O) groups is 1. The summed E-state index contributed by atoms with van der Waals surface area (Å²) < 4.78 is 15.7. The zero-order valence-electron chi connectivity index (χ0n) is 15.0. The number of hydrogen-bond donors (Lipinski definition) is 2. The van der Waals surface area contributed by atoms with E-state index in [1.807, 2.05) is 6.92 Å². The Morgan fingerprint density at radius 2 is 1.81 bits per heavy atom. The van der Waals surface area contributed by atoms with Crippen LogP contribution >= 0.6 is 0 Å². The number of benzene rings is 2. The SMILES string of the molecule is CCCOc1ccc(/C=N/NC(=O)c2cc(OC)cc(OC)c2)c(O)c1. The van der Waals surface area contributed by atoms with Crippen LogP contribution in [0.15, 0.2) is 41.5 Å². The summed E-state index contributed by atoms with van der Waals surface area (Å²) in [5.41, 5.74) is 3.20. The van der Waals surface area contributed by atoms with E-state index in [-0.39, 0.29) is 5.75 Å². The van der Waals surface area contributed by atoms with Gasteiger partial charge in [-0.25, -0.2) is 5.43 Å². The number of phenols is 1. The Hall–Kier alpha value is -3.22. The first kappa shape index (κ1) is 19.1. The summed E-state index contributed by atoms with van der Waals surface area (Å²) in [5.74, 6) is 1.16. The molecule has 1 amide bonds. The van der Waals surface area contributed by atoms with Crippen LogP contribution in [0.25, 0.3) is 0 Å². The lowest BCUT2D eigenvalue weighted by Gasteiger charge is -2.07. The van der Waals surface area contributed by atoms with Crippen LogP contribution in [0.5, 0.6) is 23.0 Å². The summed E-state index contributed by atoms with van der Waals surface area (Å²) in [6, 6.07) is 9.71. The van der Waals surface area contributed by atoms with Crippen LogP contribution < -0.4 is 19.6 Å². The standard InChI is InChI=1S/C19H22N2O5/c1-4-7-26-15-6-5-13(18(22)11-15)12-20-21-19(23)14-8-16(24-2)10-17(9-14)25-3/h5-6,8-12,22H,4,7H2,1-3H3,(H,21,23)/b20-12+. The highest BCUT2D eigenvalue weighted by Gasteiger charge is 2.09. The lowest BCUT2D eigenvalue weighted by Crippen LogP contribution is -2.17. The highest BCUT2D eigenvalue weighted by molar-refractivity contribution is 5.96. The smallest absolute Gasteiger partial charge is 0.271 e. The molecule has 0 aliphatic rings. The monoisotopic (exact) mass is 358 g/mol. The van der Waals surface area contributed by atoms with Crippen molar-refractivity contribution >= 4 is 12.1 Å². The van der Waals surface area contributed by atoms with E-state index < -0.39 is 5.91 Å². The van der Waals surface area contributed by atoms with Crippen LogP contribution in [-0.2, 0) is 0 Å². The summed E-state index contributed by atoms with van der Waals surface area (Å²) in [5, 5.41) is 13.9. The molecular formula is C19H22N2O5. The van der Waals surface area contributed by atoms with Gasteiger partial charge in [0.1, 0.15) is 23.0 Å². The van der Waals surface area contributed by atoms with Gasteiger partial charge in [-0.1, -0.05) is 6.92 Å². The number of hydrazone groups is 1. The fraction of sp³-hybridized carbons (Fsp3) is 0.263. The Morgan fingerprint density at radius 3 is 2.38 bits per heavy atom. The Morgan fingerprint density at radius 1 is 1.12 bits per heavy atom. The minimum Gasteiger partial charge on any atom is -0.507 e. The molecule has 0 heterocycles. The summed E-state index contributed by atoms with van der Waals surface area (Å²) >= 11 is 0. The maximum atomic E-state index is 12.2. The molecule has 0 saturated heterocycles. The third-order valence-electron chi connectivity index (χ3n) is 3.46. The highest BCUT2D eigenvalue weighted by Crippen LogP contribution is 2.23. The van der Waals surface area contributed by atoms with E-state index in [0.29, 0.717) is 35.0 Å². The molecule has 0 aliphatic carbocycles. The van der Waals surface area contributed by atoms with Crippen molar-refractivity contribution in [2.24, 2.45) is 5.10 Å². The van der Waals surface area contributed by atoms with Gasteiger partial charge < -0.3 is 19.3 Å². The quantitative estimate of drug-likeness (QED) is 0.559. The van der Waals surface area contributed by atoms with Gasteiger partial charge in [0.25, 0.3) is 5.91 Å². The summed E-state index contributed by atoms with van der Waals surface area (Å²) in [7, 11) is 3.01. The van der Waals surface area contributed by atoms with Crippen LogP contribution in [0.2, 0.25) is 0 Å². The molecular weight excluding hydrogens is 336 g/mol. The van der Waals surface area contributed by atoms with Gasteiger partial charge in [0, 0.05) is 23.3 Å². The molecule has 138 valence electrons. The topological polar surface area (TPSA) is 89.4 Å². The van der Waals surface area contributed by atoms with Gasteiger partial charge in [0.05, 0.1) is 27.0 Å². The van der Waals surface area contributed by atoms with Crippen molar-refractivity contribution in [2.45, 2.75) is 13.3 Å². The molecule has 0 atom stereocenters. The van der Waals surface area contributed by atoms with E-state index in [1.165, 1.54) is 26.5 Å². The number of ether oxygens (including phenoxy) is 3. The zero-order chi connectivity index (χ0) is 18.9. The van der Waals surface area contributed by atoms with E-state index >= 15 is 0 Å². The lowest BCUT2D eigenvalue weighted by atomic mass is 10.2. The second-order valence-corrected chi connectivity index (χ2v) is 5.37. The third kappa shape index (κ3) is 5.14. The summed E-state index contributed by atoms with van der Waals surface area (Å²) in [6.45, 7) is 2.58. The van der Waals surface area contributed by atoms with Crippen LogP contribution in [-0.4, -0.2) is 38.1 Å². The third-order valence-corrected chi connectivity index (χ3v) is 3.46. The fourth-order valence-corrected chi connectivity index (χ4v) is 2.11. The van der Waals surface area contributed by atoms with Crippen LogP contribution in [0.3, 0.4) is 0 Å². The maximum absolute atomic E-state index is 12.2. The predicted octanol–water partition coefficient (Wildman–Crippen LogP) is 2.96. The van der Waals surface area contributed by atoms with Gasteiger partial charge in [-0.05, 0) is 30.7 Å². The molecule has 0 saturated carbocycles. The van der Waals surface area contributed by atoms with Crippen molar-refractivity contribution in [2.75, 3.05) is 20.8 Å². The Labute approximate surface area is 152 Å². The average molecular weight is 358 g/mol. The molecule has 26 heavy (non-hydrogen) atoms. The lowest BCUT2D eigenvalue weighted by molar-refractivity contribution is 0.0954. The number of nitrogens with one attached hydrogen (secondary N) is 1. The summed E-state index contributed by atoms with van der Waals surface area (Å²) in [6.07, 6.45) is 2.24. The Kier molecular flexibility index (Phi) is 6.84. The molecule has 7 heteroatoms. The number of rotatable bonds is 8. The highest BCUT2D eigenvalue weighted by atomic mass is 16.5. The normalized spacial score (nSPS) is 10.6. The molecule has 2 aromatic carbocycles. The second kappa shape index (κ2) is 9.31. The molecule has 0 spiro atoms. The molecule has 0 radical (unpaired) electrons. The minimum absolute atomic E-state index is 0.0136. The first-order chi connectivity index (χ1) is 12.6. The first-order valence-corrected chi connectivity index (χ1v) is 8.09. The first-order valence-electron chi connectivity index (χ1n) is 8.09. The number of hydrogen-bond acceptors (Lipinski definition) is 6. The Bertz CT molecular complexity index is 767. The summed E-state index contributed by atoms with van der Waals surface area (Å²) in [4.78, 5) is 12.2. The molecule has 0 bridgehead atoms. The van der Waals surface area contributed by atoms with Crippen molar-refractivity contribution in [1.82, 2.24) is 5.43 Å². The molecule has 7 nitrogen and oxygen atoms in total. The molecule has 2 rings (SSSR count). The van der Waals surface area contributed by atoms with Crippen LogP contribution in [0, 0.1) is 0 Å². The minimum atomic E-state index is -0.430. The number of nitrogens with zero attached hydrogens (tertiary/aromatic N) is 1. The molecule has 0 aliphatic heterocycles. The largest absolute Gasteiger partial charge is 0.507 e. The van der Waals surface area contributed by atoms with Gasteiger partial charge >= 0.3 is 0 Å². The van der Waals surface area contributed by atoms with Crippen molar-refractivity contribution in [3.63, 3.8) is 0 Å². The predicted molar refractivity (Wildman–Crippen MR) is 98.5 cm³/mol. The molecule has 2 aromatic rings. The van der Waals surface area contributed by atoms with Crippen molar-refractivity contribution < 1.29 is 24.1 Å². The van der Waals surface area contributed by atoms with Crippen molar-refractivity contribution in [1.29, 1.82) is 0 Å². The van der Waals surface area contributed by atoms with Crippen LogP contribution in [0.1, 0.15) is 29.3 Å². The number of phenolic OH excluding ortho intramolecular Hbond substituents is 1. The van der Waals surface area contributed by atoms with E-state index in [9.17, 15) is 9.90 Å². The second-order valence-electron chi connectivity index (χ2n) is 5.37. The van der Waals surface area contributed by atoms with Gasteiger partial charge in [0.2, 0.25) is 0 Å². The van der Waals surface area contributed by atoms with Crippen molar-refractivity contribution in [3.05, 3.63) is 47.5 Å². The Balaban J connectivity index is 2.05. The van der Waals surface area contributed by atoms with Crippen LogP contribution in [0.4, 0.5) is 0 Å². The van der Waals surface area contributed by atoms with Gasteiger partial charge in [-0.3, -0.25) is 4.79 Å². The zero-order valence-corrected chi connectivity index (χ0v) is 15.0. The molecule has 0 unspecified atom stereocenters. The fourth-order valence-electron chi connectivity index (χ4n) is 2.11. The maximum Gasteiger partial charge on any atom is 0.271 e. The molecule has 2 N–H and O–H groups in total. The van der Waals surface area contributed by atoms with E-state index in [0.717, 1.165) is 6.42 Å². The number of aromatic hydroxyl groups is 1. The number of carbonyl (C=O) groups excluding carboxylic acids is 1. The average Bonchev–Trinajstić information content (AvgIpc) is 2.67. The van der Waals surface area contributed by atoms with E-state index in [4.69, 9.17) is 14.2 Å².